The highest BCUT2D eigenvalue weighted by Gasteiger charge is 2.45. The van der Waals surface area contributed by atoms with Crippen LogP contribution in [-0.4, -0.2) is 17.6 Å². The topological polar surface area (TPSA) is 49.3 Å². The molecule has 0 aromatic heterocycles. The van der Waals surface area contributed by atoms with Crippen molar-refractivity contribution in [2.24, 2.45) is 0 Å². The summed E-state index contributed by atoms with van der Waals surface area (Å²) in [5.41, 5.74) is 4.42. The van der Waals surface area contributed by atoms with E-state index in [1.165, 1.54) is 0 Å². The van der Waals surface area contributed by atoms with Crippen LogP contribution in [0.1, 0.15) is 5.56 Å². The molecule has 4 aromatic carbocycles. The van der Waals surface area contributed by atoms with E-state index in [-0.39, 0.29) is 22.7 Å². The Labute approximate surface area is 197 Å². The van der Waals surface area contributed by atoms with Crippen molar-refractivity contribution in [3.05, 3.63) is 125 Å². The molecule has 1 amide bonds. The van der Waals surface area contributed by atoms with Gasteiger partial charge in [0.1, 0.15) is 29.3 Å². The first kappa shape index (κ1) is 21.0. The van der Waals surface area contributed by atoms with Gasteiger partial charge in [-0.3, -0.25) is 4.79 Å². The van der Waals surface area contributed by atoms with Crippen LogP contribution in [0, 0.1) is 0 Å². The van der Waals surface area contributed by atoms with Gasteiger partial charge in [0.2, 0.25) is 0 Å². The second kappa shape index (κ2) is 8.58. The molecular formula is C28H22ClN2O2+. The van der Waals surface area contributed by atoms with E-state index >= 15 is 0 Å². The van der Waals surface area contributed by atoms with Crippen LogP contribution in [0.2, 0.25) is 5.02 Å². The Morgan fingerprint density at radius 2 is 1.33 bits per heavy atom. The van der Waals surface area contributed by atoms with Crippen LogP contribution in [0.15, 0.2) is 115 Å². The molecule has 0 aliphatic carbocycles. The fourth-order valence-corrected chi connectivity index (χ4v) is 4.59. The summed E-state index contributed by atoms with van der Waals surface area (Å²) in [6.07, 6.45) is 0. The maximum atomic E-state index is 13.4. The highest BCUT2D eigenvalue weighted by atomic mass is 35.5. The molecule has 0 spiro atoms. The van der Waals surface area contributed by atoms with Crippen molar-refractivity contribution in [3.63, 3.8) is 0 Å². The Bertz CT molecular complexity index is 1340. The first-order valence-corrected chi connectivity index (χ1v) is 11.1. The predicted molar refractivity (Wildman–Crippen MR) is 135 cm³/mol. The minimum atomic E-state index is -0.333. The first-order chi connectivity index (χ1) is 16.1. The highest BCUT2D eigenvalue weighted by Crippen LogP contribution is 2.50. The lowest BCUT2D eigenvalue weighted by molar-refractivity contribution is -0.113. The van der Waals surface area contributed by atoms with Gasteiger partial charge in [-0.05, 0) is 42.5 Å². The molecule has 4 nitrogen and oxygen atoms in total. The molecule has 1 unspecified atom stereocenters. The third kappa shape index (κ3) is 3.69. The van der Waals surface area contributed by atoms with Gasteiger partial charge in [-0.1, -0.05) is 60.1 Å². The van der Waals surface area contributed by atoms with Gasteiger partial charge in [0.05, 0.1) is 5.56 Å². The fraction of sp³-hybridized carbons (Fsp3) is 0.0357. The zero-order chi connectivity index (χ0) is 22.8. The molecule has 0 saturated heterocycles. The van der Waals surface area contributed by atoms with Crippen molar-refractivity contribution < 1.29 is 9.90 Å². The Hall–Kier alpha value is -3.86. The zero-order valence-electron chi connectivity index (χ0n) is 17.8. The van der Waals surface area contributed by atoms with E-state index in [2.05, 4.69) is 5.32 Å². The second-order valence-corrected chi connectivity index (χ2v) is 8.38. The van der Waals surface area contributed by atoms with Gasteiger partial charge in [-0.2, -0.15) is 0 Å². The lowest BCUT2D eigenvalue weighted by Gasteiger charge is -2.41. The Kier molecular flexibility index (Phi) is 5.47. The second-order valence-electron chi connectivity index (χ2n) is 7.94. The summed E-state index contributed by atoms with van der Waals surface area (Å²) in [5.74, 6) is -0.335. The van der Waals surface area contributed by atoms with E-state index in [0.29, 0.717) is 21.8 Å². The minimum Gasteiger partial charge on any atom is -0.506 e. The lowest BCUT2D eigenvalue weighted by atomic mass is 9.94. The number of amides is 1. The smallest absolute Gasteiger partial charge is 0.261 e. The molecule has 5 rings (SSSR count). The average molecular weight is 454 g/mol. The van der Waals surface area contributed by atoms with E-state index in [1.54, 1.807) is 0 Å². The molecule has 162 valence electrons. The van der Waals surface area contributed by atoms with Crippen LogP contribution in [0.25, 0.3) is 5.76 Å². The number of rotatable bonds is 4. The number of nitrogens with zero attached hydrogens (tertiary/aromatic N) is 1. The van der Waals surface area contributed by atoms with E-state index in [4.69, 9.17) is 11.6 Å². The average Bonchev–Trinajstić information content (AvgIpc) is 2.86. The fourth-order valence-electron chi connectivity index (χ4n) is 4.46. The molecule has 2 N–H and O–H groups in total. The highest BCUT2D eigenvalue weighted by molar-refractivity contribution is 6.30. The largest absolute Gasteiger partial charge is 0.506 e. The SMILES string of the molecule is O=C(Nc1ccccc1)C1=C(O)c2ccccc2[N+](c2ccccc2)(c2ccc(Cl)cc2)C1. The third-order valence-electron chi connectivity index (χ3n) is 6.02. The summed E-state index contributed by atoms with van der Waals surface area (Å²) in [4.78, 5) is 13.4. The Morgan fingerprint density at radius 3 is 2.03 bits per heavy atom. The summed E-state index contributed by atoms with van der Waals surface area (Å²) in [5, 5.41) is 14.8. The molecule has 1 heterocycles. The van der Waals surface area contributed by atoms with Crippen LogP contribution in [-0.2, 0) is 4.79 Å². The maximum absolute atomic E-state index is 13.4. The molecule has 33 heavy (non-hydrogen) atoms. The monoisotopic (exact) mass is 453 g/mol. The molecule has 1 atom stereocenters. The number of hydrogen-bond donors (Lipinski definition) is 2. The third-order valence-corrected chi connectivity index (χ3v) is 6.27. The number of benzene rings is 4. The van der Waals surface area contributed by atoms with Crippen LogP contribution in [0.3, 0.4) is 0 Å². The molecule has 0 fully saturated rings. The van der Waals surface area contributed by atoms with Crippen molar-refractivity contribution in [2.45, 2.75) is 0 Å². The molecule has 5 heteroatoms. The number of halogens is 1. The van der Waals surface area contributed by atoms with Gasteiger partial charge in [0.25, 0.3) is 5.91 Å². The lowest BCUT2D eigenvalue weighted by Crippen LogP contribution is -2.45. The maximum Gasteiger partial charge on any atom is 0.261 e. The number of nitrogens with one attached hydrogen (secondary N) is 1. The van der Waals surface area contributed by atoms with Crippen LogP contribution in [0.5, 0.6) is 0 Å². The number of anilines is 1. The van der Waals surface area contributed by atoms with E-state index in [9.17, 15) is 9.90 Å². The quantitative estimate of drug-likeness (QED) is 0.320. The minimum absolute atomic E-state index is 0.00215. The number of aliphatic hydroxyl groups is 1. The van der Waals surface area contributed by atoms with Crippen molar-refractivity contribution in [3.8, 4) is 0 Å². The summed E-state index contributed by atoms with van der Waals surface area (Å²) in [6.45, 7) is 0.243. The molecule has 0 bridgehead atoms. The number of hydrogen-bond acceptors (Lipinski definition) is 2. The van der Waals surface area contributed by atoms with Crippen LogP contribution < -0.4 is 9.80 Å². The van der Waals surface area contributed by atoms with Crippen molar-refractivity contribution in [2.75, 3.05) is 11.9 Å². The van der Waals surface area contributed by atoms with Crippen molar-refractivity contribution >= 4 is 46.0 Å². The number of fused-ring (bicyclic) bond motifs is 1. The number of carbonyl (C=O) groups is 1. The Morgan fingerprint density at radius 1 is 0.758 bits per heavy atom. The molecule has 4 aromatic rings. The molecule has 0 saturated carbocycles. The van der Waals surface area contributed by atoms with Gasteiger partial charge in [0, 0.05) is 28.9 Å². The van der Waals surface area contributed by atoms with Gasteiger partial charge in [0.15, 0.2) is 5.69 Å². The zero-order valence-corrected chi connectivity index (χ0v) is 18.5. The predicted octanol–water partition coefficient (Wildman–Crippen LogP) is 7.23. The number of carbonyl (C=O) groups excluding carboxylic acids is 1. The van der Waals surface area contributed by atoms with Gasteiger partial charge in [-0.15, -0.1) is 0 Å². The van der Waals surface area contributed by atoms with Crippen LogP contribution >= 0.6 is 11.6 Å². The standard InChI is InChI=1S/C28H21ClN2O2/c29-20-15-17-23(18-16-20)31(22-11-5-2-6-12-22)19-25(27(32)24-13-7-8-14-26(24)31)28(33)30-21-9-3-1-4-10-21/h1-18H,19H2,(H-,30,32,33)/p+1. The molecule has 1 aliphatic rings. The normalized spacial score (nSPS) is 17.4. The molecule has 1 aliphatic heterocycles. The summed E-state index contributed by atoms with van der Waals surface area (Å²) in [6, 6.07) is 34.6. The van der Waals surface area contributed by atoms with Crippen LogP contribution in [0.4, 0.5) is 22.7 Å². The van der Waals surface area contributed by atoms with Crippen molar-refractivity contribution in [1.82, 2.24) is 4.48 Å². The van der Waals surface area contributed by atoms with Gasteiger partial charge >= 0.3 is 0 Å². The van der Waals surface area contributed by atoms with Gasteiger partial charge in [-0.25, -0.2) is 4.48 Å². The van der Waals surface area contributed by atoms with E-state index in [1.807, 2.05) is 109 Å². The summed E-state index contributed by atoms with van der Waals surface area (Å²) >= 11 is 6.21. The van der Waals surface area contributed by atoms with Gasteiger partial charge < -0.3 is 10.4 Å². The molecular weight excluding hydrogens is 432 g/mol. The number of para-hydroxylation sites is 3. The van der Waals surface area contributed by atoms with E-state index < -0.39 is 0 Å². The van der Waals surface area contributed by atoms with Crippen molar-refractivity contribution in [1.29, 1.82) is 0 Å². The molecule has 0 radical (unpaired) electrons. The van der Waals surface area contributed by atoms with E-state index in [0.717, 1.165) is 17.1 Å². The Balaban J connectivity index is 1.73. The summed E-state index contributed by atoms with van der Waals surface area (Å²) < 4.78 is 0.246. The number of quaternary nitrogens is 1. The first-order valence-electron chi connectivity index (χ1n) is 10.7. The number of aliphatic hydroxyl groups excluding tert-OH is 1. The summed E-state index contributed by atoms with van der Waals surface area (Å²) in [7, 11) is 0.